The minimum atomic E-state index is -0.222. The molecule has 0 amide bonds. The van der Waals surface area contributed by atoms with Crippen molar-refractivity contribution < 1.29 is 13.9 Å². The number of rotatable bonds is 11. The minimum Gasteiger partial charge on any atom is -0.491 e. The van der Waals surface area contributed by atoms with Gasteiger partial charge in [0.25, 0.3) is 0 Å². The van der Waals surface area contributed by atoms with Crippen molar-refractivity contribution in [1.29, 1.82) is 0 Å². The number of aromatic nitrogens is 4. The Labute approximate surface area is 243 Å². The molecule has 4 aromatic rings. The van der Waals surface area contributed by atoms with Gasteiger partial charge >= 0.3 is 5.69 Å². The van der Waals surface area contributed by atoms with Gasteiger partial charge < -0.3 is 18.8 Å². The number of aliphatic imine (C=N–C) groups is 1. The molecule has 1 aromatic carbocycles. The lowest BCUT2D eigenvalue weighted by molar-refractivity contribution is 0.146. The number of hydrazine groups is 1. The third kappa shape index (κ3) is 5.19. The molecule has 1 atom stereocenters. The van der Waals surface area contributed by atoms with Crippen LogP contribution >= 0.6 is 0 Å². The third-order valence-corrected chi connectivity index (χ3v) is 8.37. The number of nitrogens with two attached hydrogens (primary N) is 1. The fourth-order valence-corrected chi connectivity index (χ4v) is 5.82. The summed E-state index contributed by atoms with van der Waals surface area (Å²) >= 11 is 0. The molecule has 13 nitrogen and oxygen atoms in total. The SMILES string of the molecule is COCCOc1ccc(N2CCN(CCn3c(=O)[nH]n4c5c(nc34)N(N)C(CC3CC3)N=C5c3ccco3)CC2)cc1. The van der Waals surface area contributed by atoms with E-state index in [9.17, 15) is 4.79 Å². The molecule has 1 unspecified atom stereocenters. The summed E-state index contributed by atoms with van der Waals surface area (Å²) in [6, 6.07) is 11.9. The summed E-state index contributed by atoms with van der Waals surface area (Å²) in [5, 5.41) is 4.61. The van der Waals surface area contributed by atoms with Crippen LogP contribution in [0.4, 0.5) is 11.5 Å². The first kappa shape index (κ1) is 26.8. The number of piperazine rings is 1. The van der Waals surface area contributed by atoms with Gasteiger partial charge in [0.2, 0.25) is 5.78 Å². The van der Waals surface area contributed by atoms with Crippen molar-refractivity contribution in [2.24, 2.45) is 16.8 Å². The van der Waals surface area contributed by atoms with E-state index in [1.165, 1.54) is 18.5 Å². The van der Waals surface area contributed by atoms with Gasteiger partial charge in [-0.2, -0.15) is 4.98 Å². The number of anilines is 2. The van der Waals surface area contributed by atoms with Gasteiger partial charge in [0.05, 0.1) is 12.9 Å². The zero-order chi connectivity index (χ0) is 28.6. The van der Waals surface area contributed by atoms with Gasteiger partial charge in [-0.3, -0.25) is 19.5 Å². The lowest BCUT2D eigenvalue weighted by Crippen LogP contribution is -2.47. The zero-order valence-electron chi connectivity index (χ0n) is 23.8. The van der Waals surface area contributed by atoms with Crippen LogP contribution in [0, 0.1) is 5.92 Å². The van der Waals surface area contributed by atoms with Gasteiger partial charge in [-0.05, 0) is 48.7 Å². The number of nitrogens with zero attached hydrogens (tertiary/aromatic N) is 7. The molecule has 42 heavy (non-hydrogen) atoms. The van der Waals surface area contributed by atoms with Crippen LogP contribution in [-0.2, 0) is 11.3 Å². The van der Waals surface area contributed by atoms with Crippen molar-refractivity contribution in [1.82, 2.24) is 24.1 Å². The van der Waals surface area contributed by atoms with Gasteiger partial charge in [0.1, 0.15) is 29.9 Å². The van der Waals surface area contributed by atoms with E-state index in [1.54, 1.807) is 27.5 Å². The Morgan fingerprint density at radius 3 is 2.60 bits per heavy atom. The second kappa shape index (κ2) is 11.3. The molecule has 1 saturated heterocycles. The zero-order valence-corrected chi connectivity index (χ0v) is 23.8. The fraction of sp³-hybridized carbons (Fsp3) is 0.483. The number of methoxy groups -OCH3 is 1. The third-order valence-electron chi connectivity index (χ3n) is 8.37. The normalized spacial score (nSPS) is 19.4. The number of ether oxygens (including phenoxy) is 2. The number of imidazole rings is 1. The molecule has 2 aliphatic heterocycles. The quantitative estimate of drug-likeness (QED) is 0.203. The van der Waals surface area contributed by atoms with Crippen LogP contribution in [0.25, 0.3) is 5.78 Å². The number of hydrogen-bond donors (Lipinski definition) is 2. The van der Waals surface area contributed by atoms with Gasteiger partial charge in [-0.1, -0.05) is 12.8 Å². The van der Waals surface area contributed by atoms with Crippen molar-refractivity contribution in [3.8, 4) is 5.75 Å². The van der Waals surface area contributed by atoms with E-state index < -0.39 is 0 Å². The van der Waals surface area contributed by atoms with Crippen molar-refractivity contribution in [3.63, 3.8) is 0 Å². The van der Waals surface area contributed by atoms with Crippen LogP contribution < -0.4 is 26.2 Å². The summed E-state index contributed by atoms with van der Waals surface area (Å²) in [6.07, 6.45) is 4.69. The first-order chi connectivity index (χ1) is 20.6. The summed E-state index contributed by atoms with van der Waals surface area (Å²) in [4.78, 5) is 27.7. The number of furan rings is 1. The largest absolute Gasteiger partial charge is 0.491 e. The summed E-state index contributed by atoms with van der Waals surface area (Å²) in [5.41, 5.74) is 2.28. The van der Waals surface area contributed by atoms with Gasteiger partial charge in [0, 0.05) is 52.1 Å². The van der Waals surface area contributed by atoms with E-state index in [4.69, 9.17) is 29.7 Å². The van der Waals surface area contributed by atoms with Crippen LogP contribution in [0.15, 0.2) is 56.9 Å². The Morgan fingerprint density at radius 2 is 1.88 bits per heavy atom. The maximum absolute atomic E-state index is 13.1. The highest BCUT2D eigenvalue weighted by atomic mass is 16.5. The molecule has 3 aliphatic rings. The lowest BCUT2D eigenvalue weighted by Gasteiger charge is -2.36. The Morgan fingerprint density at radius 1 is 1.07 bits per heavy atom. The number of fused-ring (bicyclic) bond motifs is 3. The Kier molecular flexibility index (Phi) is 7.22. The maximum Gasteiger partial charge on any atom is 0.343 e. The lowest BCUT2D eigenvalue weighted by atomic mass is 10.1. The van der Waals surface area contributed by atoms with Crippen LogP contribution in [0.3, 0.4) is 0 Å². The highest BCUT2D eigenvalue weighted by Crippen LogP contribution is 2.38. The molecule has 1 aliphatic carbocycles. The molecule has 1 saturated carbocycles. The summed E-state index contributed by atoms with van der Waals surface area (Å²) in [5.74, 6) is 9.81. The Hall–Kier alpha value is -4.07. The van der Waals surface area contributed by atoms with Gasteiger partial charge in [-0.25, -0.2) is 20.3 Å². The second-order valence-corrected chi connectivity index (χ2v) is 11.2. The van der Waals surface area contributed by atoms with Gasteiger partial charge in [-0.15, -0.1) is 0 Å². The molecule has 222 valence electrons. The number of H-pyrrole nitrogens is 1. The van der Waals surface area contributed by atoms with E-state index in [-0.39, 0.29) is 11.9 Å². The molecule has 0 bridgehead atoms. The number of benzene rings is 1. The standard InChI is InChI=1S/C29H37N9O4/c1-40-17-18-41-22-8-6-21(7-9-22)35-13-10-34(11-14-35)12-15-36-28-32-27-26(38(28)33-29(36)39)25(23-3-2-16-42-23)31-24(37(27)30)19-20-4-5-20/h2-3,6-9,16,20,24H,4-5,10-15,17-19,30H2,1H3,(H,33,39). The average molecular weight is 576 g/mol. The smallest absolute Gasteiger partial charge is 0.343 e. The molecule has 3 N–H and O–H groups in total. The predicted molar refractivity (Wildman–Crippen MR) is 158 cm³/mol. The highest BCUT2D eigenvalue weighted by Gasteiger charge is 2.37. The van der Waals surface area contributed by atoms with Crippen LogP contribution in [-0.4, -0.2) is 89.0 Å². The molecule has 7 rings (SSSR count). The highest BCUT2D eigenvalue weighted by molar-refractivity contribution is 6.14. The second-order valence-electron chi connectivity index (χ2n) is 11.2. The summed E-state index contributed by atoms with van der Waals surface area (Å²) < 4.78 is 19.9. The summed E-state index contributed by atoms with van der Waals surface area (Å²) in [6.45, 7) is 5.98. The van der Waals surface area contributed by atoms with Crippen molar-refractivity contribution in [2.75, 3.05) is 63.0 Å². The first-order valence-corrected chi connectivity index (χ1v) is 14.7. The topological polar surface area (TPSA) is 135 Å². The maximum atomic E-state index is 13.1. The summed E-state index contributed by atoms with van der Waals surface area (Å²) in [7, 11) is 1.67. The van der Waals surface area contributed by atoms with E-state index in [0.717, 1.165) is 44.9 Å². The molecule has 2 fully saturated rings. The molecule has 5 heterocycles. The molecular formula is C29H37N9O4. The Balaban J connectivity index is 1.04. The van der Waals surface area contributed by atoms with Crippen LogP contribution in [0.1, 0.15) is 30.7 Å². The molecule has 0 radical (unpaired) electrons. The van der Waals surface area contributed by atoms with Crippen molar-refractivity contribution >= 4 is 23.0 Å². The average Bonchev–Trinajstić information content (AvgIpc) is 3.36. The number of aromatic amines is 1. The van der Waals surface area contributed by atoms with Crippen molar-refractivity contribution in [2.45, 2.75) is 32.0 Å². The van der Waals surface area contributed by atoms with Crippen LogP contribution in [0.5, 0.6) is 5.75 Å². The Bertz CT molecular complexity index is 1590. The molecule has 0 spiro atoms. The number of hydrogen-bond acceptors (Lipinski definition) is 10. The number of nitrogens with one attached hydrogen (secondary N) is 1. The molecule has 13 heteroatoms. The van der Waals surface area contributed by atoms with E-state index in [2.05, 4.69) is 27.0 Å². The monoisotopic (exact) mass is 575 g/mol. The van der Waals surface area contributed by atoms with E-state index in [1.807, 2.05) is 24.3 Å². The first-order valence-electron chi connectivity index (χ1n) is 14.7. The molecule has 3 aromatic heterocycles. The minimum absolute atomic E-state index is 0.214. The fourth-order valence-electron chi connectivity index (χ4n) is 5.82. The van der Waals surface area contributed by atoms with Crippen molar-refractivity contribution in [3.05, 3.63) is 64.6 Å². The molecular weight excluding hydrogens is 538 g/mol. The van der Waals surface area contributed by atoms with E-state index >= 15 is 0 Å². The van der Waals surface area contributed by atoms with Gasteiger partial charge in [0.15, 0.2) is 11.6 Å². The predicted octanol–water partition coefficient (Wildman–Crippen LogP) is 1.92. The van der Waals surface area contributed by atoms with E-state index in [0.29, 0.717) is 54.4 Å². The van der Waals surface area contributed by atoms with Crippen LogP contribution in [0.2, 0.25) is 0 Å².